The van der Waals surface area contributed by atoms with Crippen molar-refractivity contribution in [2.45, 2.75) is 6.10 Å². The molecule has 4 N–H and O–H groups in total. The zero-order valence-corrected chi connectivity index (χ0v) is 17.1. The van der Waals surface area contributed by atoms with Gasteiger partial charge in [-0.3, -0.25) is 9.63 Å². The van der Waals surface area contributed by atoms with Crippen molar-refractivity contribution in [3.63, 3.8) is 0 Å². The number of halogens is 3. The highest BCUT2D eigenvalue weighted by atomic mass is 127. The number of benzene rings is 2. The van der Waals surface area contributed by atoms with Gasteiger partial charge >= 0.3 is 0 Å². The summed E-state index contributed by atoms with van der Waals surface area (Å²) in [5, 5.41) is 20.6. The van der Waals surface area contributed by atoms with E-state index in [0.717, 1.165) is 11.3 Å². The van der Waals surface area contributed by atoms with E-state index in [1.807, 2.05) is 22.6 Å². The van der Waals surface area contributed by atoms with Crippen LogP contribution in [0, 0.1) is 15.2 Å². The number of carbonyl (C=O) groups is 1. The number of amides is 1. The summed E-state index contributed by atoms with van der Waals surface area (Å²) in [4.78, 5) is 21.3. The number of hydroxylamine groups is 1. The van der Waals surface area contributed by atoms with Gasteiger partial charge in [0.25, 0.3) is 5.91 Å². The molecule has 28 heavy (non-hydrogen) atoms. The van der Waals surface area contributed by atoms with Crippen molar-refractivity contribution in [2.24, 2.45) is 0 Å². The van der Waals surface area contributed by atoms with E-state index in [1.54, 1.807) is 6.07 Å². The van der Waals surface area contributed by atoms with Gasteiger partial charge in [0.05, 0.1) is 33.8 Å². The lowest BCUT2D eigenvalue weighted by molar-refractivity contribution is -0.0295. The number of fused-ring (bicyclic) bond motifs is 1. The van der Waals surface area contributed by atoms with Crippen LogP contribution in [0.2, 0.25) is 0 Å². The first-order chi connectivity index (χ1) is 13.4. The summed E-state index contributed by atoms with van der Waals surface area (Å²) in [6.07, 6.45) is -1.18. The van der Waals surface area contributed by atoms with Crippen molar-refractivity contribution in [3.05, 3.63) is 50.5 Å². The fourth-order valence-corrected chi connectivity index (χ4v) is 3.46. The molecule has 0 saturated heterocycles. The van der Waals surface area contributed by atoms with Crippen LogP contribution in [0.5, 0.6) is 0 Å². The fraction of sp³-hybridized carbons (Fsp3) is 0.176. The topological polar surface area (TPSA) is 104 Å². The second kappa shape index (κ2) is 9.05. The molecule has 0 aliphatic heterocycles. The van der Waals surface area contributed by atoms with Crippen LogP contribution < -0.4 is 10.8 Å². The van der Waals surface area contributed by atoms with Crippen LogP contribution >= 0.6 is 33.9 Å². The second-order valence-corrected chi connectivity index (χ2v) is 7.77. The molecule has 0 bridgehead atoms. The molecule has 3 aromatic rings. The van der Waals surface area contributed by atoms with Crippen molar-refractivity contribution in [2.75, 3.05) is 18.5 Å². The number of hydrogen-bond acceptors (Lipinski definition) is 7. The average molecular weight is 521 g/mol. The number of aliphatic hydroxyl groups excluding tert-OH is 2. The van der Waals surface area contributed by atoms with Gasteiger partial charge in [-0.2, -0.15) is 0 Å². The van der Waals surface area contributed by atoms with Gasteiger partial charge in [0.2, 0.25) is 0 Å². The number of hydrogen-bond donors (Lipinski definition) is 4. The van der Waals surface area contributed by atoms with E-state index in [-0.39, 0.29) is 29.1 Å². The Morgan fingerprint density at radius 1 is 1.36 bits per heavy atom. The third kappa shape index (κ3) is 4.55. The number of nitrogens with zero attached hydrogens (tertiary/aromatic N) is 1. The first-order valence-corrected chi connectivity index (χ1v) is 9.85. The smallest absolute Gasteiger partial charge is 0.277 e. The molecule has 0 spiro atoms. The molecule has 11 heteroatoms. The maximum Gasteiger partial charge on any atom is 0.277 e. The quantitative estimate of drug-likeness (QED) is 0.282. The van der Waals surface area contributed by atoms with Crippen LogP contribution in [0.15, 0.2) is 29.8 Å². The van der Waals surface area contributed by atoms with E-state index in [9.17, 15) is 18.7 Å². The average Bonchev–Trinajstić information content (AvgIpc) is 3.14. The zero-order valence-electron chi connectivity index (χ0n) is 14.1. The van der Waals surface area contributed by atoms with Gasteiger partial charge in [-0.1, -0.05) is 0 Å². The van der Waals surface area contributed by atoms with Crippen molar-refractivity contribution >= 4 is 61.4 Å². The highest BCUT2D eigenvalue weighted by Crippen LogP contribution is 2.33. The standard InChI is InChI=1S/C17H14F2IN3O4S/c18-11-3-8(20)1-2-12(11)22-15-10(17(26)23-27-6-9(25)5-24)4-13-16(14(15)19)21-7-28-13/h1-4,7,9,22,24-25H,5-6H2,(H,23,26). The van der Waals surface area contributed by atoms with E-state index < -0.39 is 30.3 Å². The summed E-state index contributed by atoms with van der Waals surface area (Å²) in [5.74, 6) is -2.23. The molecule has 1 aromatic heterocycles. The van der Waals surface area contributed by atoms with Crippen LogP contribution in [0.25, 0.3) is 10.2 Å². The highest BCUT2D eigenvalue weighted by molar-refractivity contribution is 14.1. The van der Waals surface area contributed by atoms with Gasteiger partial charge in [-0.25, -0.2) is 19.2 Å². The van der Waals surface area contributed by atoms with Gasteiger partial charge < -0.3 is 15.5 Å². The third-order valence-corrected chi connectivity index (χ3v) is 5.10. The van der Waals surface area contributed by atoms with Crippen molar-refractivity contribution in [3.8, 4) is 0 Å². The molecule has 0 aliphatic carbocycles. The predicted molar refractivity (Wildman–Crippen MR) is 108 cm³/mol. The van der Waals surface area contributed by atoms with Gasteiger partial charge in [0, 0.05) is 3.57 Å². The summed E-state index contributed by atoms with van der Waals surface area (Å²) < 4.78 is 30.3. The molecule has 1 amide bonds. The Balaban J connectivity index is 1.96. The van der Waals surface area contributed by atoms with E-state index in [4.69, 9.17) is 9.94 Å². The molecule has 0 saturated carbocycles. The first-order valence-electron chi connectivity index (χ1n) is 7.89. The van der Waals surface area contributed by atoms with Crippen LogP contribution in [0.4, 0.5) is 20.2 Å². The summed E-state index contributed by atoms with van der Waals surface area (Å²) in [7, 11) is 0. The Kier molecular flexibility index (Phi) is 6.72. The lowest BCUT2D eigenvalue weighted by atomic mass is 10.1. The van der Waals surface area contributed by atoms with Crippen LogP contribution in [-0.4, -0.2) is 40.4 Å². The maximum absolute atomic E-state index is 15.0. The minimum Gasteiger partial charge on any atom is -0.394 e. The molecule has 2 aromatic carbocycles. The molecule has 148 valence electrons. The van der Waals surface area contributed by atoms with Gasteiger partial charge in [-0.05, 0) is 46.9 Å². The SMILES string of the molecule is O=C(NOCC(O)CO)c1cc2scnc2c(F)c1Nc1ccc(I)cc1F. The number of carbonyl (C=O) groups excluding carboxylic acids is 1. The lowest BCUT2D eigenvalue weighted by Crippen LogP contribution is -2.30. The molecule has 1 heterocycles. The molecule has 7 nitrogen and oxygen atoms in total. The number of anilines is 2. The Bertz CT molecular complexity index is 1020. The maximum atomic E-state index is 15.0. The highest BCUT2D eigenvalue weighted by Gasteiger charge is 2.22. The zero-order chi connectivity index (χ0) is 20.3. The number of nitrogens with one attached hydrogen (secondary N) is 2. The van der Waals surface area contributed by atoms with Gasteiger partial charge in [0.15, 0.2) is 5.82 Å². The van der Waals surface area contributed by atoms with E-state index in [2.05, 4.69) is 15.8 Å². The minimum atomic E-state index is -1.18. The first kappa shape index (κ1) is 20.8. The molecule has 0 fully saturated rings. The van der Waals surface area contributed by atoms with Crippen LogP contribution in [0.1, 0.15) is 10.4 Å². The number of aromatic nitrogens is 1. The van der Waals surface area contributed by atoms with Crippen molar-refractivity contribution in [1.82, 2.24) is 10.5 Å². The normalized spacial score (nSPS) is 12.2. The van der Waals surface area contributed by atoms with Gasteiger partial charge in [0.1, 0.15) is 24.0 Å². The fourth-order valence-electron chi connectivity index (χ4n) is 2.30. The van der Waals surface area contributed by atoms with Crippen molar-refractivity contribution < 1.29 is 28.6 Å². The Labute approximate surface area is 175 Å². The summed E-state index contributed by atoms with van der Waals surface area (Å²) in [5.41, 5.74) is 3.14. The molecular formula is C17H14F2IN3O4S. The summed E-state index contributed by atoms with van der Waals surface area (Å²) in [6, 6.07) is 5.73. The van der Waals surface area contributed by atoms with Crippen LogP contribution in [-0.2, 0) is 4.84 Å². The molecule has 3 rings (SSSR count). The van der Waals surface area contributed by atoms with E-state index in [1.165, 1.54) is 23.7 Å². The molecule has 0 radical (unpaired) electrons. The third-order valence-electron chi connectivity index (χ3n) is 3.65. The summed E-state index contributed by atoms with van der Waals surface area (Å²) in [6.45, 7) is -0.905. The molecule has 1 atom stereocenters. The minimum absolute atomic E-state index is 0.0143. The number of aliphatic hydroxyl groups is 2. The van der Waals surface area contributed by atoms with Crippen LogP contribution in [0.3, 0.4) is 0 Å². The van der Waals surface area contributed by atoms with E-state index in [0.29, 0.717) is 8.27 Å². The second-order valence-electron chi connectivity index (χ2n) is 5.64. The molecule has 1 unspecified atom stereocenters. The monoisotopic (exact) mass is 521 g/mol. The lowest BCUT2D eigenvalue weighted by Gasteiger charge is -2.15. The van der Waals surface area contributed by atoms with Gasteiger partial charge in [-0.15, -0.1) is 11.3 Å². The number of thiazole rings is 1. The molecular weight excluding hydrogens is 507 g/mol. The number of rotatable bonds is 7. The Hall–Kier alpha value is -1.93. The predicted octanol–water partition coefficient (Wildman–Crippen LogP) is 2.94. The summed E-state index contributed by atoms with van der Waals surface area (Å²) >= 11 is 3.08. The molecule has 0 aliphatic rings. The largest absolute Gasteiger partial charge is 0.394 e. The Morgan fingerprint density at radius 2 is 2.14 bits per heavy atom. The van der Waals surface area contributed by atoms with E-state index >= 15 is 0 Å². The Morgan fingerprint density at radius 3 is 2.86 bits per heavy atom. The van der Waals surface area contributed by atoms with Crippen molar-refractivity contribution in [1.29, 1.82) is 0 Å².